The fourth-order valence-electron chi connectivity index (χ4n) is 3.43. The van der Waals surface area contributed by atoms with Gasteiger partial charge in [0.05, 0.1) is 22.6 Å². The number of urea groups is 1. The third-order valence-electron chi connectivity index (χ3n) is 4.96. The summed E-state index contributed by atoms with van der Waals surface area (Å²) in [4.78, 5) is 25.3. The molecule has 2 aromatic carbocycles. The van der Waals surface area contributed by atoms with Crippen LogP contribution in [0, 0.1) is 5.82 Å². The number of primary amides is 1. The van der Waals surface area contributed by atoms with Gasteiger partial charge in [-0.2, -0.15) is 13.2 Å². The summed E-state index contributed by atoms with van der Waals surface area (Å²) in [7, 11) is 0. The first-order valence-corrected chi connectivity index (χ1v) is 9.64. The van der Waals surface area contributed by atoms with Crippen molar-refractivity contribution in [3.8, 4) is 0 Å². The number of nitrogens with one attached hydrogen (secondary N) is 1. The maximum absolute atomic E-state index is 14.6. The summed E-state index contributed by atoms with van der Waals surface area (Å²) in [5.74, 6) is -0.906. The van der Waals surface area contributed by atoms with Gasteiger partial charge in [0.25, 0.3) is 0 Å². The van der Waals surface area contributed by atoms with Crippen LogP contribution in [0.5, 0.6) is 0 Å². The molecule has 1 aliphatic heterocycles. The van der Waals surface area contributed by atoms with Crippen LogP contribution >= 0.6 is 0 Å². The Morgan fingerprint density at radius 2 is 1.82 bits per heavy atom. The number of anilines is 4. The van der Waals surface area contributed by atoms with Gasteiger partial charge >= 0.3 is 12.2 Å². The zero-order valence-corrected chi connectivity index (χ0v) is 16.9. The smallest absolute Gasteiger partial charge is 0.382 e. The molecule has 3 aromatic rings. The van der Waals surface area contributed by atoms with E-state index in [4.69, 9.17) is 11.5 Å². The Hall–Kier alpha value is -4.22. The molecule has 0 saturated heterocycles. The Morgan fingerprint density at radius 3 is 2.48 bits per heavy atom. The zero-order chi connectivity index (χ0) is 23.8. The highest BCUT2D eigenvalue weighted by Gasteiger charge is 2.36. The summed E-state index contributed by atoms with van der Waals surface area (Å²) >= 11 is 0. The molecule has 2 amide bonds. The number of amides is 2. The number of hydrogen-bond acceptors (Lipinski definition) is 6. The van der Waals surface area contributed by atoms with E-state index in [1.165, 1.54) is 18.5 Å². The first-order chi connectivity index (χ1) is 15.7. The molecule has 0 bridgehead atoms. The third kappa shape index (κ3) is 4.27. The number of benzene rings is 2. The highest BCUT2D eigenvalue weighted by Crippen LogP contribution is 2.37. The van der Waals surface area contributed by atoms with Crippen LogP contribution in [0.2, 0.25) is 0 Å². The van der Waals surface area contributed by atoms with Crippen LogP contribution in [0.4, 0.5) is 51.1 Å². The van der Waals surface area contributed by atoms with E-state index < -0.39 is 29.3 Å². The lowest BCUT2D eigenvalue weighted by atomic mass is 10.1. The van der Waals surface area contributed by atoms with E-state index in [-0.39, 0.29) is 11.5 Å². The van der Waals surface area contributed by atoms with Gasteiger partial charge < -0.3 is 16.8 Å². The zero-order valence-electron chi connectivity index (χ0n) is 16.9. The van der Waals surface area contributed by atoms with E-state index in [1.54, 1.807) is 12.1 Å². The van der Waals surface area contributed by atoms with Crippen molar-refractivity contribution in [3.63, 3.8) is 0 Å². The minimum atomic E-state index is -4.93. The summed E-state index contributed by atoms with van der Waals surface area (Å²) in [5.41, 5.74) is 10.9. The molecular weight excluding hydrogens is 442 g/mol. The van der Waals surface area contributed by atoms with E-state index in [1.807, 2.05) is 0 Å². The van der Waals surface area contributed by atoms with E-state index in [0.29, 0.717) is 46.7 Å². The maximum Gasteiger partial charge on any atom is 0.419 e. The van der Waals surface area contributed by atoms with E-state index >= 15 is 0 Å². The molecule has 4 rings (SSSR count). The van der Waals surface area contributed by atoms with Crippen molar-refractivity contribution in [1.29, 1.82) is 0 Å². The second-order valence-corrected chi connectivity index (χ2v) is 7.05. The average molecular weight is 459 g/mol. The fraction of sp³-hybridized carbons (Fsp3) is 0.143. The van der Waals surface area contributed by atoms with Crippen molar-refractivity contribution in [1.82, 2.24) is 9.97 Å². The number of alkyl halides is 3. The van der Waals surface area contributed by atoms with Gasteiger partial charge in [-0.3, -0.25) is 4.90 Å². The molecular formula is C21H17F4N7O. The molecule has 170 valence electrons. The van der Waals surface area contributed by atoms with Crippen LogP contribution in [-0.2, 0) is 6.18 Å². The summed E-state index contributed by atoms with van der Waals surface area (Å²) in [6, 6.07) is 7.56. The number of hydrogen-bond donors (Lipinski definition) is 3. The minimum absolute atomic E-state index is 0.0834. The number of nitrogens with two attached hydrogens (primary N) is 2. The van der Waals surface area contributed by atoms with Gasteiger partial charge in [0, 0.05) is 13.0 Å². The third-order valence-corrected chi connectivity index (χ3v) is 4.96. The van der Waals surface area contributed by atoms with Crippen molar-refractivity contribution in [3.05, 3.63) is 65.7 Å². The lowest BCUT2D eigenvalue weighted by Crippen LogP contribution is -2.32. The normalized spacial score (nSPS) is 13.4. The van der Waals surface area contributed by atoms with Crippen molar-refractivity contribution in [2.24, 2.45) is 10.7 Å². The summed E-state index contributed by atoms with van der Waals surface area (Å²) in [5, 5.41) is 3.11. The monoisotopic (exact) mass is 459 g/mol. The average Bonchev–Trinajstić information content (AvgIpc) is 2.98. The molecule has 0 spiro atoms. The Kier molecular flexibility index (Phi) is 5.58. The Balaban J connectivity index is 1.72. The van der Waals surface area contributed by atoms with E-state index in [2.05, 4.69) is 20.3 Å². The number of fused-ring (bicyclic) bond motifs is 1. The predicted octanol–water partition coefficient (Wildman–Crippen LogP) is 4.37. The van der Waals surface area contributed by atoms with Gasteiger partial charge in [-0.25, -0.2) is 24.1 Å². The van der Waals surface area contributed by atoms with Gasteiger partial charge in [-0.15, -0.1) is 0 Å². The fourth-order valence-corrected chi connectivity index (χ4v) is 3.43. The predicted molar refractivity (Wildman–Crippen MR) is 115 cm³/mol. The second-order valence-electron chi connectivity index (χ2n) is 7.05. The summed E-state index contributed by atoms with van der Waals surface area (Å²) in [6.07, 6.45) is -3.10. The van der Waals surface area contributed by atoms with Crippen LogP contribution < -0.4 is 21.7 Å². The van der Waals surface area contributed by atoms with Crippen molar-refractivity contribution in [2.75, 3.05) is 22.5 Å². The molecule has 0 aliphatic carbocycles. The first-order valence-electron chi connectivity index (χ1n) is 9.64. The summed E-state index contributed by atoms with van der Waals surface area (Å²) in [6.45, 7) is 0.521. The number of halogens is 4. The van der Waals surface area contributed by atoms with Gasteiger partial charge in [0.15, 0.2) is 17.5 Å². The molecule has 2 heterocycles. The van der Waals surface area contributed by atoms with E-state index in [0.717, 1.165) is 12.1 Å². The lowest BCUT2D eigenvalue weighted by molar-refractivity contribution is -0.139. The molecule has 5 N–H and O–H groups in total. The van der Waals surface area contributed by atoms with Gasteiger partial charge in [-0.05, 0) is 29.8 Å². The Labute approximate surface area is 185 Å². The largest absolute Gasteiger partial charge is 0.419 e. The number of aromatic nitrogens is 2. The number of aliphatic imine (C=N–C) groups is 1. The van der Waals surface area contributed by atoms with Crippen LogP contribution in [0.25, 0.3) is 0 Å². The molecule has 0 radical (unpaired) electrons. The SMILES string of the molecule is NC(=O)N(c1ccc(C2=Nc3c(N)ncnc3NCC2)cc1)c1cccc(C(F)(F)F)c1F. The molecule has 0 fully saturated rings. The second kappa shape index (κ2) is 8.37. The number of carbonyl (C=O) groups is 1. The van der Waals surface area contributed by atoms with Crippen LogP contribution in [0.3, 0.4) is 0 Å². The molecule has 0 unspecified atom stereocenters. The molecule has 8 nitrogen and oxygen atoms in total. The quantitative estimate of drug-likeness (QED) is 0.502. The highest BCUT2D eigenvalue weighted by atomic mass is 19.4. The lowest BCUT2D eigenvalue weighted by Gasteiger charge is -2.23. The molecule has 1 aromatic heterocycles. The molecule has 33 heavy (non-hydrogen) atoms. The van der Waals surface area contributed by atoms with Crippen LogP contribution in [-0.4, -0.2) is 28.3 Å². The highest BCUT2D eigenvalue weighted by molar-refractivity contribution is 6.05. The van der Waals surface area contributed by atoms with Crippen LogP contribution in [0.15, 0.2) is 53.8 Å². The van der Waals surface area contributed by atoms with Gasteiger partial charge in [0.2, 0.25) is 0 Å². The number of rotatable bonds is 3. The number of nitrogens with zero attached hydrogens (tertiary/aromatic N) is 4. The molecule has 12 heteroatoms. The standard InChI is InChI=1S/C21H17F4N7O/c22-16-13(21(23,24)25)2-1-3-15(16)32(20(27)33)12-6-4-11(5-7-12)14-8-9-28-19-17(31-14)18(26)29-10-30-19/h1-7,10H,8-9H2,(H2,27,33)(H3,26,28,29,30). The van der Waals surface area contributed by atoms with Gasteiger partial charge in [-0.1, -0.05) is 18.2 Å². The van der Waals surface area contributed by atoms with Crippen molar-refractivity contribution in [2.45, 2.75) is 12.6 Å². The summed E-state index contributed by atoms with van der Waals surface area (Å²) < 4.78 is 54.0. The maximum atomic E-state index is 14.6. The minimum Gasteiger partial charge on any atom is -0.382 e. The topological polar surface area (TPSA) is 123 Å². The first kappa shape index (κ1) is 22.0. The van der Waals surface area contributed by atoms with E-state index in [9.17, 15) is 22.4 Å². The number of nitrogen functional groups attached to an aromatic ring is 1. The Bertz CT molecular complexity index is 1240. The molecule has 0 atom stereocenters. The van der Waals surface area contributed by atoms with Gasteiger partial charge in [0.1, 0.15) is 12.0 Å². The number of carbonyl (C=O) groups excluding carboxylic acids is 1. The van der Waals surface area contributed by atoms with Crippen molar-refractivity contribution < 1.29 is 22.4 Å². The Morgan fingerprint density at radius 1 is 1.09 bits per heavy atom. The van der Waals surface area contributed by atoms with Crippen molar-refractivity contribution >= 4 is 40.4 Å². The molecule has 0 saturated carbocycles. The van der Waals surface area contributed by atoms with Crippen LogP contribution in [0.1, 0.15) is 17.5 Å². The molecule has 1 aliphatic rings.